The minimum Gasteiger partial charge on any atom is -0.376 e. The maximum Gasteiger partial charge on any atom is 0.227 e. The molecule has 0 unspecified atom stereocenters. The largest absolute Gasteiger partial charge is 0.376 e. The van der Waals surface area contributed by atoms with Crippen LogP contribution in [0.25, 0.3) is 0 Å². The molecule has 2 aliphatic heterocycles. The minimum atomic E-state index is 0.0642. The second-order valence-corrected chi connectivity index (χ2v) is 6.69. The summed E-state index contributed by atoms with van der Waals surface area (Å²) >= 11 is 0. The summed E-state index contributed by atoms with van der Waals surface area (Å²) in [5, 5.41) is 0. The van der Waals surface area contributed by atoms with E-state index in [2.05, 4.69) is 0 Å². The third-order valence-corrected chi connectivity index (χ3v) is 5.18. The molecule has 1 saturated carbocycles. The molecule has 0 spiro atoms. The van der Waals surface area contributed by atoms with Crippen molar-refractivity contribution in [3.05, 3.63) is 0 Å². The van der Waals surface area contributed by atoms with Gasteiger partial charge in [-0.25, -0.2) is 0 Å². The van der Waals surface area contributed by atoms with E-state index in [0.717, 1.165) is 64.6 Å². The molecule has 1 amide bonds. The molecule has 0 bridgehead atoms. The fourth-order valence-corrected chi connectivity index (χ4v) is 3.79. The molecule has 2 heterocycles. The van der Waals surface area contributed by atoms with Gasteiger partial charge in [-0.05, 0) is 38.5 Å². The highest BCUT2D eigenvalue weighted by Crippen LogP contribution is 2.27. The number of carbonyl (C=O) groups excluding carboxylic acids is 1. The molecular weight excluding hydrogens is 268 g/mol. The van der Waals surface area contributed by atoms with Crippen LogP contribution >= 0.6 is 0 Å². The van der Waals surface area contributed by atoms with Crippen molar-refractivity contribution >= 4 is 5.91 Å². The Morgan fingerprint density at radius 3 is 2.57 bits per heavy atom. The third-order valence-electron chi connectivity index (χ3n) is 5.18. The van der Waals surface area contributed by atoms with Crippen molar-refractivity contribution in [1.29, 1.82) is 0 Å². The van der Waals surface area contributed by atoms with Crippen LogP contribution in [0.1, 0.15) is 44.9 Å². The second kappa shape index (κ2) is 7.07. The monoisotopic (exact) mass is 296 g/mol. The first-order valence-corrected chi connectivity index (χ1v) is 8.51. The zero-order valence-electron chi connectivity index (χ0n) is 12.8. The molecule has 120 valence electrons. The van der Waals surface area contributed by atoms with E-state index in [1.165, 1.54) is 0 Å². The van der Waals surface area contributed by atoms with Crippen molar-refractivity contribution in [3.8, 4) is 0 Å². The fourth-order valence-electron chi connectivity index (χ4n) is 3.79. The number of hydrogen-bond donors (Lipinski definition) is 1. The molecule has 5 heteroatoms. The van der Waals surface area contributed by atoms with Gasteiger partial charge in [0.15, 0.2) is 0 Å². The van der Waals surface area contributed by atoms with Gasteiger partial charge >= 0.3 is 0 Å². The van der Waals surface area contributed by atoms with Crippen molar-refractivity contribution in [2.45, 2.75) is 63.2 Å². The molecule has 21 heavy (non-hydrogen) atoms. The van der Waals surface area contributed by atoms with Gasteiger partial charge in [-0.3, -0.25) is 4.79 Å². The summed E-state index contributed by atoms with van der Waals surface area (Å²) in [4.78, 5) is 14.5. The summed E-state index contributed by atoms with van der Waals surface area (Å²) in [7, 11) is 0. The van der Waals surface area contributed by atoms with Crippen LogP contribution < -0.4 is 5.73 Å². The summed E-state index contributed by atoms with van der Waals surface area (Å²) in [6.07, 6.45) is 7.81. The van der Waals surface area contributed by atoms with Crippen LogP contribution in [-0.2, 0) is 14.3 Å². The number of carbonyl (C=O) groups is 1. The van der Waals surface area contributed by atoms with Crippen LogP contribution in [0.4, 0.5) is 0 Å². The highest BCUT2D eigenvalue weighted by molar-refractivity contribution is 5.80. The molecule has 0 aromatic heterocycles. The fraction of sp³-hybridized carbons (Fsp3) is 0.938. The number of hydrogen-bond acceptors (Lipinski definition) is 4. The van der Waals surface area contributed by atoms with E-state index < -0.39 is 0 Å². The zero-order valence-corrected chi connectivity index (χ0v) is 12.8. The quantitative estimate of drug-likeness (QED) is 0.849. The van der Waals surface area contributed by atoms with E-state index in [4.69, 9.17) is 15.2 Å². The van der Waals surface area contributed by atoms with Gasteiger partial charge in [-0.1, -0.05) is 6.42 Å². The summed E-state index contributed by atoms with van der Waals surface area (Å²) in [5.74, 6) is 0.340. The molecular formula is C16H28N2O3. The molecule has 1 aliphatic carbocycles. The third kappa shape index (κ3) is 3.76. The lowest BCUT2D eigenvalue weighted by molar-refractivity contribution is -0.138. The lowest BCUT2D eigenvalue weighted by Crippen LogP contribution is -2.46. The maximum atomic E-state index is 12.5. The Kier molecular flexibility index (Phi) is 5.14. The van der Waals surface area contributed by atoms with Crippen LogP contribution in [0, 0.1) is 5.92 Å². The Bertz CT molecular complexity index is 349. The molecule has 0 radical (unpaired) electrons. The van der Waals surface area contributed by atoms with Gasteiger partial charge in [0.25, 0.3) is 0 Å². The molecule has 0 aromatic rings. The highest BCUT2D eigenvalue weighted by atomic mass is 16.5. The zero-order chi connectivity index (χ0) is 14.7. The van der Waals surface area contributed by atoms with Crippen LogP contribution in [0.2, 0.25) is 0 Å². The number of rotatable bonds is 4. The summed E-state index contributed by atoms with van der Waals surface area (Å²) < 4.78 is 11.5. The number of ether oxygens (including phenoxy) is 2. The molecule has 2 N–H and O–H groups in total. The molecule has 0 aromatic carbocycles. The van der Waals surface area contributed by atoms with Gasteiger partial charge in [0.05, 0.1) is 24.7 Å². The van der Waals surface area contributed by atoms with Gasteiger partial charge in [0.2, 0.25) is 5.91 Å². The van der Waals surface area contributed by atoms with Gasteiger partial charge < -0.3 is 20.1 Å². The summed E-state index contributed by atoms with van der Waals surface area (Å²) in [6, 6.07) is 0.0750. The van der Waals surface area contributed by atoms with E-state index in [0.29, 0.717) is 12.7 Å². The first-order valence-electron chi connectivity index (χ1n) is 8.51. The smallest absolute Gasteiger partial charge is 0.227 e. The molecule has 2 saturated heterocycles. The Morgan fingerprint density at radius 1 is 1.14 bits per heavy atom. The average Bonchev–Trinajstić information content (AvgIpc) is 3.16. The normalized spacial score (nSPS) is 34.5. The van der Waals surface area contributed by atoms with Crippen LogP contribution in [-0.4, -0.2) is 55.4 Å². The Morgan fingerprint density at radius 2 is 1.95 bits per heavy atom. The van der Waals surface area contributed by atoms with E-state index >= 15 is 0 Å². The van der Waals surface area contributed by atoms with E-state index in [1.54, 1.807) is 0 Å². The number of nitrogens with zero attached hydrogens (tertiary/aromatic N) is 1. The second-order valence-electron chi connectivity index (χ2n) is 6.69. The minimum absolute atomic E-state index is 0.0642. The Hall–Kier alpha value is -0.650. The number of likely N-dealkylation sites (tertiary alicyclic amines) is 1. The van der Waals surface area contributed by atoms with Crippen LogP contribution in [0.5, 0.6) is 0 Å². The molecule has 3 fully saturated rings. The van der Waals surface area contributed by atoms with Gasteiger partial charge in [-0.2, -0.15) is 0 Å². The van der Waals surface area contributed by atoms with E-state index in [1.807, 2.05) is 4.90 Å². The highest BCUT2D eigenvalue weighted by Gasteiger charge is 2.35. The first-order chi connectivity index (χ1) is 10.2. The molecule has 3 rings (SSSR count). The average molecular weight is 296 g/mol. The lowest BCUT2D eigenvalue weighted by Gasteiger charge is -2.34. The Balaban J connectivity index is 1.39. The number of nitrogens with two attached hydrogens (primary N) is 1. The number of piperidine rings is 1. The molecule has 3 atom stereocenters. The van der Waals surface area contributed by atoms with Crippen molar-refractivity contribution in [1.82, 2.24) is 4.90 Å². The topological polar surface area (TPSA) is 64.8 Å². The van der Waals surface area contributed by atoms with Crippen molar-refractivity contribution < 1.29 is 14.3 Å². The van der Waals surface area contributed by atoms with Gasteiger partial charge in [-0.15, -0.1) is 0 Å². The van der Waals surface area contributed by atoms with Crippen molar-refractivity contribution in [2.24, 2.45) is 11.7 Å². The SMILES string of the molecule is N[C@@H]1CCC[C@H]1C(=O)N1CCC(OC[C@H]2CCCO2)CC1. The standard InChI is InChI=1S/C16H28N2O3/c17-15-5-1-4-14(15)16(19)18-8-6-12(7-9-18)21-11-13-3-2-10-20-13/h12-15H,1-11,17H2/t13-,14-,15-/m1/s1. The van der Waals surface area contributed by atoms with E-state index in [9.17, 15) is 4.79 Å². The molecule has 3 aliphatic rings. The Labute approximate surface area is 127 Å². The maximum absolute atomic E-state index is 12.5. The predicted molar refractivity (Wildman–Crippen MR) is 79.8 cm³/mol. The van der Waals surface area contributed by atoms with Crippen molar-refractivity contribution in [2.75, 3.05) is 26.3 Å². The molecule has 5 nitrogen and oxygen atoms in total. The van der Waals surface area contributed by atoms with Crippen molar-refractivity contribution in [3.63, 3.8) is 0 Å². The number of amides is 1. The van der Waals surface area contributed by atoms with Crippen LogP contribution in [0.15, 0.2) is 0 Å². The van der Waals surface area contributed by atoms with Gasteiger partial charge in [0, 0.05) is 25.7 Å². The van der Waals surface area contributed by atoms with Crippen LogP contribution in [0.3, 0.4) is 0 Å². The first kappa shape index (κ1) is 15.3. The van der Waals surface area contributed by atoms with E-state index in [-0.39, 0.29) is 24.0 Å². The summed E-state index contributed by atoms with van der Waals surface area (Å²) in [6.45, 7) is 3.23. The predicted octanol–water partition coefficient (Wildman–Crippen LogP) is 1.30. The van der Waals surface area contributed by atoms with Gasteiger partial charge in [0.1, 0.15) is 0 Å². The lowest BCUT2D eigenvalue weighted by atomic mass is 10.00. The summed E-state index contributed by atoms with van der Waals surface area (Å²) in [5.41, 5.74) is 6.05.